The average Bonchev–Trinajstić information content (AvgIpc) is 2.98. The summed E-state index contributed by atoms with van der Waals surface area (Å²) in [4.78, 5) is 16.9. The van der Waals surface area contributed by atoms with Gasteiger partial charge < -0.3 is 4.57 Å². The van der Waals surface area contributed by atoms with Crippen LogP contribution < -0.4 is 0 Å². The number of allylic oxidation sites excluding steroid dienone is 1. The Morgan fingerprint density at radius 2 is 1.56 bits per heavy atom. The highest BCUT2D eigenvalue weighted by Gasteiger charge is 2.15. The van der Waals surface area contributed by atoms with Gasteiger partial charge in [0.25, 0.3) is 0 Å². The van der Waals surface area contributed by atoms with Gasteiger partial charge in [-0.1, -0.05) is 46.4 Å². The topological polar surface area (TPSA) is 34.9 Å². The van der Waals surface area contributed by atoms with Crippen molar-refractivity contribution in [1.82, 2.24) is 9.55 Å². The number of rotatable bonds is 4. The van der Waals surface area contributed by atoms with Gasteiger partial charge in [-0.05, 0) is 54.1 Å². The fraction of sp³-hybridized carbons (Fsp3) is 0. The molecule has 7 heteroatoms. The van der Waals surface area contributed by atoms with Crippen molar-refractivity contribution < 1.29 is 4.79 Å². The lowest BCUT2D eigenvalue weighted by atomic mass is 10.1. The van der Waals surface area contributed by atoms with Gasteiger partial charge in [-0.25, -0.2) is 4.98 Å². The van der Waals surface area contributed by atoms with Crippen LogP contribution in [0.4, 0.5) is 0 Å². The van der Waals surface area contributed by atoms with E-state index in [0.29, 0.717) is 31.9 Å². The molecular weight excluding hydrogens is 402 g/mol. The molecule has 0 N–H and O–H groups in total. The predicted molar refractivity (Wildman–Crippen MR) is 104 cm³/mol. The molecule has 0 bridgehead atoms. The van der Waals surface area contributed by atoms with E-state index in [1.54, 1.807) is 59.3 Å². The second kappa shape index (κ2) is 7.63. The lowest BCUT2D eigenvalue weighted by Crippen LogP contribution is -2.08. The Bertz CT molecular complexity index is 941. The second-order valence-electron chi connectivity index (χ2n) is 5.17. The molecule has 0 saturated heterocycles. The van der Waals surface area contributed by atoms with E-state index >= 15 is 0 Å². The molecule has 0 aliphatic carbocycles. The number of halogens is 4. The molecule has 3 rings (SSSR count). The van der Waals surface area contributed by atoms with E-state index in [9.17, 15) is 4.79 Å². The van der Waals surface area contributed by atoms with Crippen molar-refractivity contribution in [2.75, 3.05) is 0 Å². The quantitative estimate of drug-likeness (QED) is 0.368. The summed E-state index contributed by atoms with van der Waals surface area (Å²) in [5.41, 5.74) is 1.51. The number of benzene rings is 2. The monoisotopic (exact) mass is 410 g/mol. The number of Topliss-reactive ketones (excluding diaryl/α,β-unsaturated/α-hetero) is 1. The highest BCUT2D eigenvalue weighted by Crippen LogP contribution is 2.24. The molecule has 0 radical (unpaired) electrons. The van der Waals surface area contributed by atoms with E-state index < -0.39 is 0 Å². The van der Waals surface area contributed by atoms with Gasteiger partial charge in [0.15, 0.2) is 0 Å². The summed E-state index contributed by atoms with van der Waals surface area (Å²) in [6.07, 6.45) is 4.69. The smallest absolute Gasteiger partial charge is 0.209 e. The fourth-order valence-corrected chi connectivity index (χ4v) is 3.07. The van der Waals surface area contributed by atoms with Crippen molar-refractivity contribution in [3.8, 4) is 0 Å². The molecule has 0 atom stereocenters. The van der Waals surface area contributed by atoms with Crippen molar-refractivity contribution in [2.24, 2.45) is 0 Å². The molecule has 1 heterocycles. The minimum atomic E-state index is -0.221. The molecule has 0 aliphatic heterocycles. The molecule has 3 nitrogen and oxygen atoms in total. The second-order valence-corrected chi connectivity index (χ2v) is 6.87. The van der Waals surface area contributed by atoms with E-state index in [0.717, 1.165) is 0 Å². The van der Waals surface area contributed by atoms with Crippen LogP contribution in [0.5, 0.6) is 0 Å². The zero-order valence-corrected chi connectivity index (χ0v) is 15.6. The third-order valence-electron chi connectivity index (χ3n) is 3.36. The Morgan fingerprint density at radius 3 is 2.12 bits per heavy atom. The van der Waals surface area contributed by atoms with Crippen LogP contribution in [-0.2, 0) is 0 Å². The molecule has 2 aromatic carbocycles. The Labute approximate surface area is 164 Å². The number of nitrogens with zero attached hydrogens (tertiary/aromatic N) is 2. The Hall–Kier alpha value is -1.78. The lowest BCUT2D eigenvalue weighted by Gasteiger charge is -2.09. The van der Waals surface area contributed by atoms with Crippen molar-refractivity contribution in [2.45, 2.75) is 0 Å². The number of hydrogen-bond donors (Lipinski definition) is 0. The third kappa shape index (κ3) is 4.44. The van der Waals surface area contributed by atoms with Gasteiger partial charge in [0, 0.05) is 26.8 Å². The number of carbonyl (C=O) groups is 1. The summed E-state index contributed by atoms with van der Waals surface area (Å²) in [5.74, 6) is -0.221. The number of hydrogen-bond acceptors (Lipinski definition) is 2. The van der Waals surface area contributed by atoms with Crippen molar-refractivity contribution >= 4 is 64.0 Å². The maximum absolute atomic E-state index is 13.0. The third-order valence-corrected chi connectivity index (χ3v) is 4.24. The van der Waals surface area contributed by atoms with Gasteiger partial charge in [0.2, 0.25) is 5.78 Å². The normalized spacial score (nSPS) is 11.6. The lowest BCUT2D eigenvalue weighted by molar-refractivity contribution is 0.105. The summed E-state index contributed by atoms with van der Waals surface area (Å²) < 4.78 is 1.55. The van der Waals surface area contributed by atoms with Crippen molar-refractivity contribution in [3.63, 3.8) is 0 Å². The van der Waals surface area contributed by atoms with E-state index in [-0.39, 0.29) is 10.9 Å². The highest BCUT2D eigenvalue weighted by molar-refractivity contribution is 6.35. The minimum Gasteiger partial charge on any atom is -0.301 e. The van der Waals surface area contributed by atoms with E-state index in [4.69, 9.17) is 46.4 Å². The summed E-state index contributed by atoms with van der Waals surface area (Å²) in [6, 6.07) is 11.7. The van der Waals surface area contributed by atoms with Crippen molar-refractivity contribution in [1.29, 1.82) is 0 Å². The Morgan fingerprint density at radius 1 is 0.920 bits per heavy atom. The highest BCUT2D eigenvalue weighted by atomic mass is 35.5. The SMILES string of the molecule is O=C(/C(=C/c1cc(Cl)cc(Cl)c1)n1cnc(Cl)c1)c1ccc(Cl)cc1. The van der Waals surface area contributed by atoms with Crippen LogP contribution in [0.2, 0.25) is 20.2 Å². The summed E-state index contributed by atoms with van der Waals surface area (Å²) in [5, 5.41) is 1.77. The molecule has 126 valence electrons. The van der Waals surface area contributed by atoms with Crippen LogP contribution in [0.3, 0.4) is 0 Å². The molecule has 0 amide bonds. The van der Waals surface area contributed by atoms with Gasteiger partial charge in [0.05, 0.1) is 5.70 Å². The molecule has 0 saturated carbocycles. The zero-order chi connectivity index (χ0) is 18.0. The standard InChI is InChI=1S/C18H10Cl4N2O/c19-13-3-1-12(2-4-13)18(25)16(24-9-17(22)23-10-24)7-11-5-14(20)8-15(21)6-11/h1-10H/b16-7-. The van der Waals surface area contributed by atoms with Gasteiger partial charge in [0.1, 0.15) is 11.5 Å². The first kappa shape index (κ1) is 18.0. The molecule has 1 aromatic heterocycles. The van der Waals surface area contributed by atoms with Gasteiger partial charge >= 0.3 is 0 Å². The van der Waals surface area contributed by atoms with Crippen LogP contribution in [0.15, 0.2) is 55.0 Å². The van der Waals surface area contributed by atoms with Crippen LogP contribution in [-0.4, -0.2) is 15.3 Å². The van der Waals surface area contributed by atoms with Crippen LogP contribution in [0.25, 0.3) is 11.8 Å². The molecule has 0 aliphatic rings. The maximum Gasteiger partial charge on any atom is 0.209 e. The number of carbonyl (C=O) groups excluding carboxylic acids is 1. The van der Waals surface area contributed by atoms with Gasteiger partial charge in [-0.2, -0.15) is 0 Å². The van der Waals surface area contributed by atoms with Gasteiger partial charge in [-0.3, -0.25) is 4.79 Å². The first-order valence-electron chi connectivity index (χ1n) is 7.10. The molecule has 0 fully saturated rings. The average molecular weight is 412 g/mol. The maximum atomic E-state index is 13.0. The van der Waals surface area contributed by atoms with E-state index in [2.05, 4.69) is 4.98 Å². The Kier molecular flexibility index (Phi) is 5.50. The molecule has 0 spiro atoms. The molecule has 0 unspecified atom stereocenters. The van der Waals surface area contributed by atoms with E-state index in [1.165, 1.54) is 6.33 Å². The van der Waals surface area contributed by atoms with Gasteiger partial charge in [-0.15, -0.1) is 0 Å². The first-order valence-corrected chi connectivity index (χ1v) is 8.61. The molecule has 25 heavy (non-hydrogen) atoms. The molecule has 3 aromatic rings. The van der Waals surface area contributed by atoms with Crippen LogP contribution >= 0.6 is 46.4 Å². The Balaban J connectivity index is 2.11. The largest absolute Gasteiger partial charge is 0.301 e. The molecular formula is C18H10Cl4N2O. The predicted octanol–water partition coefficient (Wildman–Crippen LogP) is 6.38. The first-order chi connectivity index (χ1) is 11.9. The summed E-state index contributed by atoms with van der Waals surface area (Å²) in [7, 11) is 0. The number of aromatic nitrogens is 2. The van der Waals surface area contributed by atoms with Crippen molar-refractivity contribution in [3.05, 3.63) is 86.3 Å². The van der Waals surface area contributed by atoms with Crippen LogP contribution in [0.1, 0.15) is 15.9 Å². The number of ketones is 1. The minimum absolute atomic E-state index is 0.221. The summed E-state index contributed by atoms with van der Waals surface area (Å²) >= 11 is 23.9. The van der Waals surface area contributed by atoms with Crippen LogP contribution in [0, 0.1) is 0 Å². The fourth-order valence-electron chi connectivity index (χ4n) is 2.25. The van der Waals surface area contributed by atoms with E-state index in [1.807, 2.05) is 0 Å². The summed E-state index contributed by atoms with van der Waals surface area (Å²) in [6.45, 7) is 0. The zero-order valence-electron chi connectivity index (χ0n) is 12.6. The number of imidazole rings is 1.